The molecule has 0 aromatic heterocycles. The van der Waals surface area contributed by atoms with Gasteiger partial charge in [-0.1, -0.05) is 0 Å². The number of amides is 2. The fourth-order valence-corrected chi connectivity index (χ4v) is 18.8. The van der Waals surface area contributed by atoms with Gasteiger partial charge < -0.3 is 0 Å². The number of imide groups is 1. The first-order chi connectivity index (χ1) is 11.1. The number of carbonyl (C=O) groups excluding carboxylic acids is 2. The summed E-state index contributed by atoms with van der Waals surface area (Å²) in [6.45, 7) is 4.28. The second-order valence-electron chi connectivity index (χ2n) is 6.66. The van der Waals surface area contributed by atoms with Gasteiger partial charge in [-0.25, -0.2) is 0 Å². The van der Waals surface area contributed by atoms with Crippen molar-refractivity contribution in [2.75, 3.05) is 0 Å². The molecule has 3 aliphatic heterocycles. The normalized spacial score (nSPS) is 24.5. The summed E-state index contributed by atoms with van der Waals surface area (Å²) in [4.78, 5) is 23.7. The van der Waals surface area contributed by atoms with Crippen LogP contribution in [0.25, 0.3) is 5.57 Å². The Morgan fingerprint density at radius 2 is 2.09 bits per heavy atom. The van der Waals surface area contributed by atoms with E-state index in [0.29, 0.717) is 3.67 Å². The van der Waals surface area contributed by atoms with Crippen LogP contribution in [0.4, 0.5) is 4.79 Å². The topological polar surface area (TPSA) is 46.2 Å². The number of nitrogens with one attached hydrogen (secondary N) is 1. The first kappa shape index (κ1) is 15.6. The van der Waals surface area contributed by atoms with Crippen molar-refractivity contribution in [3.63, 3.8) is 0 Å². The molecule has 1 fully saturated rings. The van der Waals surface area contributed by atoms with Crippen molar-refractivity contribution in [2.24, 2.45) is 0 Å². The van der Waals surface area contributed by atoms with Crippen LogP contribution in [0.5, 0.6) is 0 Å². The zero-order valence-corrected chi connectivity index (χ0v) is 17.4. The predicted molar refractivity (Wildman–Crippen MR) is 96.1 cm³/mol. The third kappa shape index (κ3) is 2.43. The van der Waals surface area contributed by atoms with Gasteiger partial charge in [-0.2, -0.15) is 0 Å². The summed E-state index contributed by atoms with van der Waals surface area (Å²) >= 11 is -0.915. The Labute approximate surface area is 148 Å². The fraction of sp³-hybridized carbons (Fsp3) is 0.333. The van der Waals surface area contributed by atoms with E-state index in [4.69, 9.17) is 0 Å². The van der Waals surface area contributed by atoms with E-state index >= 15 is 0 Å². The van der Waals surface area contributed by atoms with Crippen LogP contribution in [0.15, 0.2) is 39.2 Å². The molecular formula is C18H18InNO2S. The van der Waals surface area contributed by atoms with Crippen LogP contribution in [0.3, 0.4) is 0 Å². The van der Waals surface area contributed by atoms with Crippen LogP contribution < -0.4 is 8.64 Å². The molecule has 0 aliphatic carbocycles. The van der Waals surface area contributed by atoms with Crippen LogP contribution in [-0.4, -0.2) is 37.8 Å². The van der Waals surface area contributed by atoms with E-state index in [1.54, 1.807) is 6.65 Å². The Hall–Kier alpha value is -0.940. The molecule has 2 bridgehead atoms. The molecule has 3 aliphatic rings. The molecule has 23 heavy (non-hydrogen) atoms. The van der Waals surface area contributed by atoms with Crippen molar-refractivity contribution >= 4 is 53.2 Å². The van der Waals surface area contributed by atoms with Gasteiger partial charge in [0.15, 0.2) is 0 Å². The van der Waals surface area contributed by atoms with Crippen LogP contribution in [0, 0.1) is 0 Å². The van der Waals surface area contributed by atoms with Gasteiger partial charge in [0.2, 0.25) is 0 Å². The van der Waals surface area contributed by atoms with Crippen molar-refractivity contribution in [3.05, 3.63) is 44.8 Å². The molecule has 1 aromatic rings. The van der Waals surface area contributed by atoms with E-state index in [2.05, 4.69) is 49.5 Å². The van der Waals surface area contributed by atoms with E-state index < -0.39 is 21.4 Å². The third-order valence-corrected chi connectivity index (χ3v) is 18.2. The zero-order chi connectivity index (χ0) is 16.1. The average Bonchev–Trinajstić information content (AvgIpc) is 3.10. The number of hydrogen-bond acceptors (Lipinski definition) is 3. The first-order valence-corrected chi connectivity index (χ1v) is 14.1. The standard InChI is InChI=1S/C18H18NO2S.In/c1-13(2)8-6-7-11-15(14-9-4-3-5-10-14)12-16-17(20)19-18(21)22-16;/h3-5,8-9,12,16H,6-7H2,1-2H3,(H,19,20,21);. The SMILES string of the molecule is CC(C)=CCC[C]1=C2c3cccc[c]3[In]1[CH]2C1SC(=O)NC1=O. The van der Waals surface area contributed by atoms with Gasteiger partial charge in [-0.3, -0.25) is 0 Å². The summed E-state index contributed by atoms with van der Waals surface area (Å²) in [6.07, 6.45) is 4.54. The minimum atomic E-state index is -2.13. The van der Waals surface area contributed by atoms with Gasteiger partial charge >= 0.3 is 149 Å². The predicted octanol–water partition coefficient (Wildman–Crippen LogP) is 3.18. The molecule has 2 amide bonds. The third-order valence-electron chi connectivity index (χ3n) is 5.01. The maximum absolute atomic E-state index is 12.1. The summed E-state index contributed by atoms with van der Waals surface area (Å²) in [5, 5.41) is 2.13. The number of rotatable bonds is 4. The zero-order valence-electron chi connectivity index (χ0n) is 13.3. The average molecular weight is 427 g/mol. The maximum atomic E-state index is 12.1. The van der Waals surface area contributed by atoms with Gasteiger partial charge in [-0.15, -0.1) is 0 Å². The van der Waals surface area contributed by atoms with Crippen molar-refractivity contribution in [1.82, 2.24) is 5.32 Å². The van der Waals surface area contributed by atoms with Gasteiger partial charge in [0.25, 0.3) is 0 Å². The minimum absolute atomic E-state index is 0.0691. The van der Waals surface area contributed by atoms with E-state index in [1.165, 1.54) is 28.5 Å². The summed E-state index contributed by atoms with van der Waals surface area (Å²) in [5.41, 5.74) is 4.17. The Balaban J connectivity index is 1.66. The molecule has 0 spiro atoms. The molecule has 1 aromatic carbocycles. The van der Waals surface area contributed by atoms with Crippen LogP contribution in [0.1, 0.15) is 32.3 Å². The fourth-order valence-electron chi connectivity index (χ4n) is 4.16. The molecule has 5 heteroatoms. The van der Waals surface area contributed by atoms with Crippen molar-refractivity contribution in [3.8, 4) is 0 Å². The summed E-state index contributed by atoms with van der Waals surface area (Å²) in [7, 11) is 0. The quantitative estimate of drug-likeness (QED) is 0.752. The van der Waals surface area contributed by atoms with Crippen LogP contribution in [0.2, 0.25) is 3.67 Å². The van der Waals surface area contributed by atoms with E-state index in [9.17, 15) is 9.59 Å². The number of benzene rings is 1. The monoisotopic (exact) mass is 427 g/mol. The van der Waals surface area contributed by atoms with Gasteiger partial charge in [0, 0.05) is 0 Å². The van der Waals surface area contributed by atoms with Gasteiger partial charge in [0.1, 0.15) is 0 Å². The molecular weight excluding hydrogens is 409 g/mol. The Kier molecular flexibility index (Phi) is 3.96. The Bertz CT molecular complexity index is 779. The molecule has 2 unspecified atom stereocenters. The summed E-state index contributed by atoms with van der Waals surface area (Å²) < 4.78 is 3.62. The molecule has 4 rings (SSSR count). The second kappa shape index (κ2) is 5.85. The molecule has 0 saturated carbocycles. The summed E-state index contributed by atoms with van der Waals surface area (Å²) in [5.74, 6) is -0.0691. The van der Waals surface area contributed by atoms with Crippen molar-refractivity contribution in [1.29, 1.82) is 0 Å². The molecule has 3 nitrogen and oxygen atoms in total. The number of hydrogen-bond donors (Lipinski definition) is 1. The van der Waals surface area contributed by atoms with Crippen LogP contribution >= 0.6 is 11.8 Å². The van der Waals surface area contributed by atoms with Crippen molar-refractivity contribution in [2.45, 2.75) is 35.6 Å². The van der Waals surface area contributed by atoms with Gasteiger partial charge in [0.05, 0.1) is 0 Å². The second-order valence-corrected chi connectivity index (χ2v) is 16.3. The Morgan fingerprint density at radius 1 is 1.30 bits per heavy atom. The van der Waals surface area contributed by atoms with Crippen molar-refractivity contribution < 1.29 is 9.59 Å². The molecule has 1 saturated heterocycles. The number of fused-ring (bicyclic) bond motifs is 5. The van der Waals surface area contributed by atoms with E-state index in [1.807, 2.05) is 0 Å². The first-order valence-electron chi connectivity index (χ1n) is 8.05. The van der Waals surface area contributed by atoms with E-state index in [0.717, 1.165) is 12.8 Å². The Morgan fingerprint density at radius 3 is 2.74 bits per heavy atom. The van der Waals surface area contributed by atoms with E-state index in [-0.39, 0.29) is 16.4 Å². The summed E-state index contributed by atoms with van der Waals surface area (Å²) in [6, 6.07) is 8.69. The molecule has 0 radical (unpaired) electrons. The molecule has 3 heterocycles. The number of thioether (sulfide) groups is 1. The number of carbonyl (C=O) groups is 2. The molecule has 2 atom stereocenters. The molecule has 116 valence electrons. The van der Waals surface area contributed by atoms with Crippen LogP contribution in [-0.2, 0) is 4.79 Å². The number of allylic oxidation sites excluding steroid dienone is 4. The molecule has 1 N–H and O–H groups in total. The van der Waals surface area contributed by atoms with Gasteiger partial charge in [-0.05, 0) is 0 Å².